The topological polar surface area (TPSA) is 86.5 Å². The van der Waals surface area contributed by atoms with E-state index in [0.717, 1.165) is 0 Å². The average Bonchev–Trinajstić information content (AvgIpc) is 2.79. The summed E-state index contributed by atoms with van der Waals surface area (Å²) in [7, 11) is 1.45. The number of Topliss-reactive ketones (excluding diaryl/α,β-unsaturated/α-hetero) is 2. The molecule has 0 amide bonds. The third kappa shape index (κ3) is 4.60. The molecular weight excluding hydrogens is 382 g/mol. The van der Waals surface area contributed by atoms with Gasteiger partial charge in [-0.2, -0.15) is 0 Å². The van der Waals surface area contributed by atoms with Crippen LogP contribution in [0, 0.1) is 16.0 Å². The van der Waals surface area contributed by atoms with Crippen LogP contribution >= 0.6 is 0 Å². The predicted molar refractivity (Wildman–Crippen MR) is 113 cm³/mol. The quantitative estimate of drug-likeness (QED) is 0.228. The number of carbonyl (C=O) groups excluding carboxylic acids is 2. The molecule has 0 saturated heterocycles. The SMILES string of the molecule is COc1ccccc1[C@H](C[N+](=O)[O-])C(C(=O)c1ccccc1)C(=O)c1ccccc1. The van der Waals surface area contributed by atoms with Crippen molar-refractivity contribution in [3.8, 4) is 5.75 Å². The van der Waals surface area contributed by atoms with Crippen molar-refractivity contribution in [1.82, 2.24) is 0 Å². The summed E-state index contributed by atoms with van der Waals surface area (Å²) in [5, 5.41) is 11.5. The zero-order valence-corrected chi connectivity index (χ0v) is 16.4. The van der Waals surface area contributed by atoms with Crippen molar-refractivity contribution in [1.29, 1.82) is 0 Å². The van der Waals surface area contributed by atoms with Crippen LogP contribution in [0.25, 0.3) is 0 Å². The minimum Gasteiger partial charge on any atom is -0.496 e. The summed E-state index contributed by atoms with van der Waals surface area (Å²) in [4.78, 5) is 38.0. The Morgan fingerprint density at radius 1 is 0.833 bits per heavy atom. The van der Waals surface area contributed by atoms with Crippen LogP contribution in [0.3, 0.4) is 0 Å². The molecule has 0 bridgehead atoms. The summed E-state index contributed by atoms with van der Waals surface area (Å²) >= 11 is 0. The first-order valence-electron chi connectivity index (χ1n) is 9.46. The minimum absolute atomic E-state index is 0.329. The molecule has 0 aliphatic heterocycles. The highest BCUT2D eigenvalue weighted by Crippen LogP contribution is 2.36. The number of para-hydroxylation sites is 1. The van der Waals surface area contributed by atoms with Crippen molar-refractivity contribution in [2.75, 3.05) is 13.7 Å². The van der Waals surface area contributed by atoms with Crippen LogP contribution in [-0.2, 0) is 0 Å². The fraction of sp³-hybridized carbons (Fsp3) is 0.167. The summed E-state index contributed by atoms with van der Waals surface area (Å²) in [5.41, 5.74) is 1.11. The summed E-state index contributed by atoms with van der Waals surface area (Å²) < 4.78 is 5.38. The number of methoxy groups -OCH3 is 1. The third-order valence-electron chi connectivity index (χ3n) is 4.97. The molecule has 152 valence electrons. The van der Waals surface area contributed by atoms with E-state index in [0.29, 0.717) is 22.4 Å². The molecule has 0 heterocycles. The largest absolute Gasteiger partial charge is 0.496 e. The number of hydrogen-bond acceptors (Lipinski definition) is 5. The molecule has 0 aromatic heterocycles. The predicted octanol–water partition coefficient (Wildman–Crippen LogP) is 4.44. The van der Waals surface area contributed by atoms with Crippen LogP contribution in [0.2, 0.25) is 0 Å². The van der Waals surface area contributed by atoms with Crippen molar-refractivity contribution in [3.05, 3.63) is 112 Å². The first-order valence-corrected chi connectivity index (χ1v) is 9.46. The Labute approximate surface area is 174 Å². The Morgan fingerprint density at radius 2 is 1.30 bits per heavy atom. The van der Waals surface area contributed by atoms with Crippen molar-refractivity contribution >= 4 is 11.6 Å². The molecular formula is C24H21NO5. The number of ketones is 2. The van der Waals surface area contributed by atoms with Gasteiger partial charge in [-0.25, -0.2) is 0 Å². The van der Waals surface area contributed by atoms with Crippen molar-refractivity contribution in [3.63, 3.8) is 0 Å². The van der Waals surface area contributed by atoms with Crippen molar-refractivity contribution < 1.29 is 19.2 Å². The standard InChI is InChI=1S/C24H21NO5/c1-30-21-15-9-8-14-19(21)20(16-25(28)29)22(23(26)17-10-4-2-5-11-17)24(27)18-12-6-3-7-13-18/h2-15,20,22H,16H2,1H3/t20-/m0/s1. The zero-order chi connectivity index (χ0) is 21.5. The van der Waals surface area contributed by atoms with Crippen LogP contribution in [0.4, 0.5) is 0 Å². The Balaban J connectivity index is 2.17. The number of rotatable bonds is 9. The Bertz CT molecular complexity index is 982. The van der Waals surface area contributed by atoms with Gasteiger partial charge in [0.1, 0.15) is 5.75 Å². The second-order valence-electron chi connectivity index (χ2n) is 6.80. The van der Waals surface area contributed by atoms with Crippen LogP contribution in [0.15, 0.2) is 84.9 Å². The molecule has 0 aliphatic rings. The summed E-state index contributed by atoms with van der Waals surface area (Å²) in [5.74, 6) is -2.77. The average molecular weight is 403 g/mol. The summed E-state index contributed by atoms with van der Waals surface area (Å²) in [6.45, 7) is -0.581. The molecule has 0 fully saturated rings. The molecule has 3 aromatic carbocycles. The van der Waals surface area contributed by atoms with Gasteiger partial charge in [0.05, 0.1) is 18.9 Å². The fourth-order valence-electron chi connectivity index (χ4n) is 3.57. The van der Waals surface area contributed by atoms with Crippen molar-refractivity contribution in [2.45, 2.75) is 5.92 Å². The summed E-state index contributed by atoms with van der Waals surface area (Å²) in [6, 6.07) is 23.5. The maximum atomic E-state index is 13.5. The maximum absolute atomic E-state index is 13.5. The van der Waals surface area contributed by atoms with E-state index in [9.17, 15) is 19.7 Å². The second kappa shape index (κ2) is 9.60. The molecule has 6 heteroatoms. The molecule has 3 rings (SSSR count). The van der Waals surface area contributed by atoms with Crippen molar-refractivity contribution in [2.24, 2.45) is 5.92 Å². The monoisotopic (exact) mass is 403 g/mol. The van der Waals surface area contributed by atoms with Gasteiger partial charge in [-0.05, 0) is 6.07 Å². The molecule has 0 radical (unpaired) electrons. The van der Waals surface area contributed by atoms with E-state index in [1.807, 2.05) is 0 Å². The maximum Gasteiger partial charge on any atom is 0.211 e. The minimum atomic E-state index is -1.27. The normalized spacial score (nSPS) is 11.7. The molecule has 0 spiro atoms. The molecule has 0 unspecified atom stereocenters. The van der Waals surface area contributed by atoms with E-state index in [1.54, 1.807) is 84.9 Å². The number of carbonyl (C=O) groups is 2. The summed E-state index contributed by atoms with van der Waals surface area (Å²) in [6.07, 6.45) is 0. The van der Waals surface area contributed by atoms with E-state index in [4.69, 9.17) is 4.74 Å². The van der Waals surface area contributed by atoms with Gasteiger partial charge in [0.15, 0.2) is 11.6 Å². The molecule has 30 heavy (non-hydrogen) atoms. The Hall–Kier alpha value is -3.80. The number of hydrogen-bond donors (Lipinski definition) is 0. The van der Waals surface area contributed by atoms with Crippen LogP contribution < -0.4 is 4.74 Å². The van der Waals surface area contributed by atoms with Gasteiger partial charge in [-0.3, -0.25) is 19.7 Å². The van der Waals surface area contributed by atoms with E-state index in [-0.39, 0.29) is 0 Å². The first-order chi connectivity index (χ1) is 14.5. The first kappa shape index (κ1) is 20.9. The lowest BCUT2D eigenvalue weighted by Gasteiger charge is -2.24. The fourth-order valence-corrected chi connectivity index (χ4v) is 3.57. The molecule has 0 aliphatic carbocycles. The molecule has 3 aromatic rings. The van der Waals surface area contributed by atoms with E-state index in [1.165, 1.54) is 7.11 Å². The van der Waals surface area contributed by atoms with Crippen LogP contribution in [-0.4, -0.2) is 30.1 Å². The molecule has 6 nitrogen and oxygen atoms in total. The number of nitrogens with zero attached hydrogens (tertiary/aromatic N) is 1. The number of nitro groups is 1. The van der Waals surface area contributed by atoms with Crippen LogP contribution in [0.1, 0.15) is 32.2 Å². The lowest BCUT2D eigenvalue weighted by Crippen LogP contribution is -2.34. The highest BCUT2D eigenvalue weighted by molar-refractivity contribution is 6.16. The third-order valence-corrected chi connectivity index (χ3v) is 4.97. The smallest absolute Gasteiger partial charge is 0.211 e. The lowest BCUT2D eigenvalue weighted by molar-refractivity contribution is -0.484. The van der Waals surface area contributed by atoms with E-state index >= 15 is 0 Å². The number of ether oxygens (including phenoxy) is 1. The van der Waals surface area contributed by atoms with E-state index < -0.39 is 34.9 Å². The van der Waals surface area contributed by atoms with Gasteiger partial charge in [-0.15, -0.1) is 0 Å². The van der Waals surface area contributed by atoms with Gasteiger partial charge in [-0.1, -0.05) is 78.9 Å². The Kier molecular flexibility index (Phi) is 6.70. The molecule has 1 atom stereocenters. The highest BCUT2D eigenvalue weighted by Gasteiger charge is 2.40. The van der Waals surface area contributed by atoms with Gasteiger partial charge in [0.25, 0.3) is 0 Å². The lowest BCUT2D eigenvalue weighted by atomic mass is 9.76. The molecule has 0 saturated carbocycles. The van der Waals surface area contributed by atoms with Gasteiger partial charge in [0, 0.05) is 21.6 Å². The van der Waals surface area contributed by atoms with Crippen LogP contribution in [0.5, 0.6) is 5.75 Å². The molecule has 0 N–H and O–H groups in total. The van der Waals surface area contributed by atoms with Gasteiger partial charge < -0.3 is 4.74 Å². The Morgan fingerprint density at radius 3 is 1.77 bits per heavy atom. The number of benzene rings is 3. The zero-order valence-electron chi connectivity index (χ0n) is 16.4. The van der Waals surface area contributed by atoms with E-state index in [2.05, 4.69) is 0 Å². The second-order valence-corrected chi connectivity index (χ2v) is 6.80. The van der Waals surface area contributed by atoms with Gasteiger partial charge in [0.2, 0.25) is 6.54 Å². The highest BCUT2D eigenvalue weighted by atomic mass is 16.6. The van der Waals surface area contributed by atoms with Gasteiger partial charge >= 0.3 is 0 Å².